The lowest BCUT2D eigenvalue weighted by molar-refractivity contribution is 0.355. The van der Waals surface area contributed by atoms with Crippen LogP contribution in [-0.4, -0.2) is 47.4 Å². The van der Waals surface area contributed by atoms with Crippen molar-refractivity contribution in [3.8, 4) is 11.5 Å². The Kier molecular flexibility index (Phi) is 11.5. The average molecular weight is 548 g/mol. The molecule has 0 aliphatic heterocycles. The normalized spacial score (nSPS) is 11.4. The first kappa shape index (κ1) is 26.0. The van der Waals surface area contributed by atoms with Crippen molar-refractivity contribution < 1.29 is 17.9 Å². The van der Waals surface area contributed by atoms with Crippen LogP contribution in [-0.2, 0) is 16.6 Å². The molecule has 0 radical (unpaired) electrons. The van der Waals surface area contributed by atoms with E-state index in [1.807, 2.05) is 43.3 Å². The number of ether oxygens (including phenoxy) is 2. The maximum Gasteiger partial charge on any atom is 0.213 e. The van der Waals surface area contributed by atoms with Crippen molar-refractivity contribution in [3.63, 3.8) is 0 Å². The lowest BCUT2D eigenvalue weighted by Crippen LogP contribution is -2.32. The lowest BCUT2D eigenvalue weighted by Gasteiger charge is -2.14. The molecule has 0 aromatic heterocycles. The van der Waals surface area contributed by atoms with Crippen LogP contribution in [0.25, 0.3) is 0 Å². The lowest BCUT2D eigenvalue weighted by atomic mass is 10.2. The topological polar surface area (TPSA) is 101 Å². The molecule has 2 rings (SSSR count). The molecule has 10 heteroatoms. The van der Waals surface area contributed by atoms with Crippen molar-refractivity contribution in [1.82, 2.24) is 10.0 Å². The first-order valence-corrected chi connectivity index (χ1v) is 10.9. The highest BCUT2D eigenvalue weighted by molar-refractivity contribution is 14.0. The minimum atomic E-state index is -3.43. The molecule has 0 aliphatic rings. The number of guanidine groups is 1. The van der Waals surface area contributed by atoms with E-state index >= 15 is 0 Å². The zero-order chi connectivity index (χ0) is 21.1. The summed E-state index contributed by atoms with van der Waals surface area (Å²) in [6.45, 7) is 2.95. The van der Waals surface area contributed by atoms with Gasteiger partial charge in [-0.25, -0.2) is 13.1 Å². The molecule has 0 amide bonds. The van der Waals surface area contributed by atoms with Gasteiger partial charge in [0.1, 0.15) is 0 Å². The molecule has 3 N–H and O–H groups in total. The summed E-state index contributed by atoms with van der Waals surface area (Å²) in [5, 5.41) is 6.23. The molecular formula is C20H29IN4O4S. The zero-order valence-electron chi connectivity index (χ0n) is 17.3. The van der Waals surface area contributed by atoms with Crippen LogP contribution in [0.4, 0.5) is 5.69 Å². The molecular weight excluding hydrogens is 519 g/mol. The number of methoxy groups -OCH3 is 2. The molecule has 0 fully saturated rings. The fourth-order valence-corrected chi connectivity index (χ4v) is 3.36. The molecule has 8 nitrogen and oxygen atoms in total. The van der Waals surface area contributed by atoms with Gasteiger partial charge < -0.3 is 20.1 Å². The molecule has 0 heterocycles. The number of nitrogens with one attached hydrogen (secondary N) is 3. The fraction of sp³-hybridized carbons (Fsp3) is 0.350. The number of nitrogens with zero attached hydrogens (tertiary/aromatic N) is 1. The molecule has 30 heavy (non-hydrogen) atoms. The van der Waals surface area contributed by atoms with Gasteiger partial charge in [0.25, 0.3) is 0 Å². The van der Waals surface area contributed by atoms with Gasteiger partial charge in [0.05, 0.1) is 26.5 Å². The van der Waals surface area contributed by atoms with E-state index in [2.05, 4.69) is 20.3 Å². The van der Waals surface area contributed by atoms with Crippen molar-refractivity contribution in [1.29, 1.82) is 0 Å². The Morgan fingerprint density at radius 2 is 1.73 bits per heavy atom. The van der Waals surface area contributed by atoms with Gasteiger partial charge in [0.15, 0.2) is 17.5 Å². The van der Waals surface area contributed by atoms with E-state index in [0.29, 0.717) is 24.0 Å². The van der Waals surface area contributed by atoms with Gasteiger partial charge in [0, 0.05) is 24.8 Å². The maximum atomic E-state index is 12.2. The number of hydrogen-bond donors (Lipinski definition) is 3. The van der Waals surface area contributed by atoms with Crippen LogP contribution in [0, 0.1) is 0 Å². The molecule has 2 aromatic carbocycles. The average Bonchev–Trinajstić information content (AvgIpc) is 2.73. The Morgan fingerprint density at radius 3 is 2.37 bits per heavy atom. The van der Waals surface area contributed by atoms with Crippen LogP contribution in [0.5, 0.6) is 11.5 Å². The standard InChI is InChI=1S/C20H28N4O4S.HI/c1-4-21-20(24-17-10-11-18(27-2)19(14-17)28-3)22-12-13-29(25,26)23-15-16-8-6-5-7-9-16;/h5-11,14,23H,4,12-13,15H2,1-3H3,(H2,21,22,24);1H. The Hall–Kier alpha value is -2.05. The molecule has 0 atom stereocenters. The van der Waals surface area contributed by atoms with Gasteiger partial charge in [-0.15, -0.1) is 24.0 Å². The van der Waals surface area contributed by atoms with Crippen molar-refractivity contribution in [2.75, 3.05) is 38.4 Å². The third-order valence-corrected chi connectivity index (χ3v) is 5.26. The monoisotopic (exact) mass is 548 g/mol. The van der Waals surface area contributed by atoms with Crippen LogP contribution < -0.4 is 24.8 Å². The summed E-state index contributed by atoms with van der Waals surface area (Å²) in [6.07, 6.45) is 0. The maximum absolute atomic E-state index is 12.2. The summed E-state index contributed by atoms with van der Waals surface area (Å²) in [5.74, 6) is 1.58. The number of halogens is 1. The van der Waals surface area contributed by atoms with E-state index in [-0.39, 0.29) is 42.8 Å². The second kappa shape index (κ2) is 13.3. The predicted octanol–water partition coefficient (Wildman–Crippen LogP) is 2.82. The summed E-state index contributed by atoms with van der Waals surface area (Å²) < 4.78 is 37.5. The summed E-state index contributed by atoms with van der Waals surface area (Å²) in [6, 6.07) is 14.8. The number of aliphatic imine (C=N–C) groups is 1. The van der Waals surface area contributed by atoms with E-state index in [4.69, 9.17) is 9.47 Å². The highest BCUT2D eigenvalue weighted by Crippen LogP contribution is 2.29. The zero-order valence-corrected chi connectivity index (χ0v) is 20.5. The molecule has 166 valence electrons. The van der Waals surface area contributed by atoms with E-state index < -0.39 is 10.0 Å². The summed E-state index contributed by atoms with van der Waals surface area (Å²) in [4.78, 5) is 4.35. The SMILES string of the molecule is CCNC(=NCCS(=O)(=O)NCc1ccccc1)Nc1ccc(OC)c(OC)c1.I. The Bertz CT molecular complexity index is 908. The Balaban J connectivity index is 0.00000450. The molecule has 0 saturated carbocycles. The molecule has 2 aromatic rings. The van der Waals surface area contributed by atoms with Crippen LogP contribution in [0.2, 0.25) is 0 Å². The first-order chi connectivity index (χ1) is 14.0. The van der Waals surface area contributed by atoms with E-state index in [9.17, 15) is 8.42 Å². The second-order valence-electron chi connectivity index (χ2n) is 6.08. The minimum Gasteiger partial charge on any atom is -0.493 e. The quantitative estimate of drug-likeness (QED) is 0.240. The number of sulfonamides is 1. The smallest absolute Gasteiger partial charge is 0.213 e. The number of benzene rings is 2. The third kappa shape index (κ3) is 8.76. The highest BCUT2D eigenvalue weighted by atomic mass is 127. The van der Waals surface area contributed by atoms with Gasteiger partial charge >= 0.3 is 0 Å². The van der Waals surface area contributed by atoms with Crippen LogP contribution in [0.3, 0.4) is 0 Å². The van der Waals surface area contributed by atoms with Gasteiger partial charge in [-0.2, -0.15) is 0 Å². The predicted molar refractivity (Wildman–Crippen MR) is 132 cm³/mol. The largest absolute Gasteiger partial charge is 0.493 e. The highest BCUT2D eigenvalue weighted by Gasteiger charge is 2.10. The van der Waals surface area contributed by atoms with E-state index in [1.165, 1.54) is 0 Å². The van der Waals surface area contributed by atoms with Crippen molar-refractivity contribution in [3.05, 3.63) is 54.1 Å². The second-order valence-corrected chi connectivity index (χ2v) is 8.01. The van der Waals surface area contributed by atoms with Gasteiger partial charge in [0.2, 0.25) is 10.0 Å². The fourth-order valence-electron chi connectivity index (χ4n) is 2.50. The molecule has 0 spiro atoms. The van der Waals surface area contributed by atoms with Crippen LogP contribution in [0.15, 0.2) is 53.5 Å². The molecule has 0 saturated heterocycles. The van der Waals surface area contributed by atoms with E-state index in [1.54, 1.807) is 26.4 Å². The Labute approximate surface area is 195 Å². The number of anilines is 1. The molecule has 0 bridgehead atoms. The molecule has 0 unspecified atom stereocenters. The van der Waals surface area contributed by atoms with Gasteiger partial charge in [-0.05, 0) is 24.6 Å². The summed E-state index contributed by atoms with van der Waals surface area (Å²) in [5.41, 5.74) is 1.65. The van der Waals surface area contributed by atoms with Gasteiger partial charge in [-0.3, -0.25) is 4.99 Å². The summed E-state index contributed by atoms with van der Waals surface area (Å²) in [7, 11) is -0.296. The van der Waals surface area contributed by atoms with Crippen LogP contribution in [0.1, 0.15) is 12.5 Å². The van der Waals surface area contributed by atoms with E-state index in [0.717, 1.165) is 11.3 Å². The summed E-state index contributed by atoms with van der Waals surface area (Å²) >= 11 is 0. The number of rotatable bonds is 10. The van der Waals surface area contributed by atoms with Crippen molar-refractivity contribution in [2.45, 2.75) is 13.5 Å². The van der Waals surface area contributed by atoms with Crippen molar-refractivity contribution >= 4 is 45.6 Å². The van der Waals surface area contributed by atoms with Gasteiger partial charge in [-0.1, -0.05) is 30.3 Å². The number of hydrogen-bond acceptors (Lipinski definition) is 5. The Morgan fingerprint density at radius 1 is 1.03 bits per heavy atom. The van der Waals surface area contributed by atoms with Crippen molar-refractivity contribution in [2.24, 2.45) is 4.99 Å². The molecule has 0 aliphatic carbocycles. The first-order valence-electron chi connectivity index (χ1n) is 9.26. The van der Waals surface area contributed by atoms with Crippen LogP contribution >= 0.6 is 24.0 Å². The third-order valence-electron chi connectivity index (χ3n) is 3.96. The minimum absolute atomic E-state index is 0.